The van der Waals surface area contributed by atoms with Crippen LogP contribution in [0.5, 0.6) is 0 Å². The molecule has 1 aromatic carbocycles. The van der Waals surface area contributed by atoms with Gasteiger partial charge in [0.1, 0.15) is 0 Å². The number of carbonyl (C=O) groups excluding carboxylic acids is 2. The predicted octanol–water partition coefficient (Wildman–Crippen LogP) is 1.49. The lowest BCUT2D eigenvalue weighted by molar-refractivity contribution is -0.141. The second-order valence-electron chi connectivity index (χ2n) is 4.93. The molecule has 0 aliphatic heterocycles. The Labute approximate surface area is 123 Å². The number of esters is 1. The number of nitrogens with zero attached hydrogens (tertiary/aromatic N) is 2. The Balaban J connectivity index is 1.85. The third kappa shape index (κ3) is 4.05. The van der Waals surface area contributed by atoms with Crippen molar-refractivity contribution >= 4 is 22.9 Å². The minimum atomic E-state index is -0.330. The van der Waals surface area contributed by atoms with Crippen molar-refractivity contribution in [2.45, 2.75) is 32.4 Å². The Hall–Kier alpha value is -2.37. The number of methoxy groups -OCH3 is 1. The zero-order valence-corrected chi connectivity index (χ0v) is 12.2. The van der Waals surface area contributed by atoms with E-state index < -0.39 is 0 Å². The molecule has 1 atom stereocenters. The van der Waals surface area contributed by atoms with Gasteiger partial charge in [0.25, 0.3) is 0 Å². The lowest BCUT2D eigenvalue weighted by atomic mass is 10.2. The molecule has 6 heteroatoms. The summed E-state index contributed by atoms with van der Waals surface area (Å²) in [6, 6.07) is 7.55. The van der Waals surface area contributed by atoms with Gasteiger partial charge < -0.3 is 14.6 Å². The summed E-state index contributed by atoms with van der Waals surface area (Å²) in [6.07, 6.45) is 2.25. The number of fused-ring (bicyclic) bond motifs is 1. The number of imidazole rings is 1. The van der Waals surface area contributed by atoms with E-state index >= 15 is 0 Å². The molecule has 0 fully saturated rings. The zero-order chi connectivity index (χ0) is 15.2. The Morgan fingerprint density at radius 3 is 2.90 bits per heavy atom. The van der Waals surface area contributed by atoms with Crippen molar-refractivity contribution in [1.82, 2.24) is 14.9 Å². The first-order valence-corrected chi connectivity index (χ1v) is 6.86. The van der Waals surface area contributed by atoms with Crippen molar-refractivity contribution in [3.63, 3.8) is 0 Å². The van der Waals surface area contributed by atoms with Gasteiger partial charge in [0, 0.05) is 19.0 Å². The smallest absolute Gasteiger partial charge is 0.307 e. The molecule has 1 unspecified atom stereocenters. The normalized spacial score (nSPS) is 12.1. The summed E-state index contributed by atoms with van der Waals surface area (Å²) >= 11 is 0. The number of hydrogen-bond donors (Lipinski definition) is 1. The lowest BCUT2D eigenvalue weighted by Gasteiger charge is -2.12. The number of benzene rings is 1. The van der Waals surface area contributed by atoms with Gasteiger partial charge in [-0.15, -0.1) is 0 Å². The van der Waals surface area contributed by atoms with E-state index in [1.807, 2.05) is 28.8 Å². The van der Waals surface area contributed by atoms with E-state index in [1.165, 1.54) is 7.11 Å². The molecular weight excluding hydrogens is 270 g/mol. The van der Waals surface area contributed by atoms with Gasteiger partial charge in [0.2, 0.25) is 5.91 Å². The fraction of sp³-hybridized carbons (Fsp3) is 0.400. The quantitative estimate of drug-likeness (QED) is 0.818. The number of rotatable bonds is 6. The van der Waals surface area contributed by atoms with Gasteiger partial charge in [-0.1, -0.05) is 12.1 Å². The minimum Gasteiger partial charge on any atom is -0.469 e. The molecule has 21 heavy (non-hydrogen) atoms. The van der Waals surface area contributed by atoms with Crippen molar-refractivity contribution in [2.75, 3.05) is 7.11 Å². The summed E-state index contributed by atoms with van der Waals surface area (Å²) in [5.41, 5.74) is 1.92. The van der Waals surface area contributed by atoms with E-state index in [0.29, 0.717) is 13.0 Å². The van der Waals surface area contributed by atoms with Crippen molar-refractivity contribution in [3.8, 4) is 0 Å². The summed E-state index contributed by atoms with van der Waals surface area (Å²) in [6.45, 7) is 2.33. The van der Waals surface area contributed by atoms with E-state index in [2.05, 4.69) is 15.0 Å². The number of para-hydroxylation sites is 2. The molecule has 2 rings (SSSR count). The highest BCUT2D eigenvalue weighted by Gasteiger charge is 2.12. The second-order valence-corrected chi connectivity index (χ2v) is 4.93. The summed E-state index contributed by atoms with van der Waals surface area (Å²) in [5.74, 6) is -0.424. The molecule has 0 spiro atoms. The van der Waals surface area contributed by atoms with Crippen molar-refractivity contribution in [2.24, 2.45) is 0 Å². The van der Waals surface area contributed by atoms with E-state index in [9.17, 15) is 9.59 Å². The van der Waals surface area contributed by atoms with Crippen LogP contribution in [0.3, 0.4) is 0 Å². The van der Waals surface area contributed by atoms with Gasteiger partial charge in [-0.2, -0.15) is 0 Å². The number of carbonyl (C=O) groups is 2. The molecule has 0 bridgehead atoms. The topological polar surface area (TPSA) is 73.2 Å². The van der Waals surface area contributed by atoms with E-state index in [-0.39, 0.29) is 24.3 Å². The third-order valence-electron chi connectivity index (χ3n) is 3.22. The summed E-state index contributed by atoms with van der Waals surface area (Å²) in [4.78, 5) is 27.2. The number of ether oxygens (including phenoxy) is 1. The second kappa shape index (κ2) is 6.88. The SMILES string of the molecule is COC(=O)CC(C)NC(=O)CCn1cnc2ccccc21. The molecule has 0 aliphatic rings. The van der Waals surface area contributed by atoms with Gasteiger partial charge in [-0.05, 0) is 19.1 Å². The van der Waals surface area contributed by atoms with Crippen LogP contribution in [0.4, 0.5) is 0 Å². The molecule has 0 saturated carbocycles. The van der Waals surface area contributed by atoms with Gasteiger partial charge in [0.05, 0.1) is 30.9 Å². The maximum Gasteiger partial charge on any atom is 0.307 e. The first-order valence-electron chi connectivity index (χ1n) is 6.86. The van der Waals surface area contributed by atoms with Crippen molar-refractivity contribution in [1.29, 1.82) is 0 Å². The van der Waals surface area contributed by atoms with Gasteiger partial charge in [-0.25, -0.2) is 4.98 Å². The van der Waals surface area contributed by atoms with Crippen LogP contribution < -0.4 is 5.32 Å². The minimum absolute atomic E-state index is 0.0933. The fourth-order valence-electron chi connectivity index (χ4n) is 2.14. The van der Waals surface area contributed by atoms with Crippen molar-refractivity contribution in [3.05, 3.63) is 30.6 Å². The van der Waals surface area contributed by atoms with Crippen LogP contribution in [0.25, 0.3) is 11.0 Å². The molecular formula is C15H19N3O3. The van der Waals surface area contributed by atoms with Crippen LogP contribution in [0.1, 0.15) is 19.8 Å². The van der Waals surface area contributed by atoms with Crippen LogP contribution >= 0.6 is 0 Å². The number of aromatic nitrogens is 2. The van der Waals surface area contributed by atoms with Crippen LogP contribution in [-0.4, -0.2) is 34.6 Å². The van der Waals surface area contributed by atoms with Crippen LogP contribution in [0.2, 0.25) is 0 Å². The Bertz CT molecular complexity index is 636. The fourth-order valence-corrected chi connectivity index (χ4v) is 2.14. The first kappa shape index (κ1) is 15.0. The summed E-state index contributed by atoms with van der Waals surface area (Å²) in [5, 5.41) is 2.78. The molecule has 1 amide bonds. The zero-order valence-electron chi connectivity index (χ0n) is 12.2. The van der Waals surface area contributed by atoms with Crippen LogP contribution in [0, 0.1) is 0 Å². The largest absolute Gasteiger partial charge is 0.469 e. The first-order chi connectivity index (χ1) is 10.1. The number of amides is 1. The van der Waals surface area contributed by atoms with E-state index in [4.69, 9.17) is 0 Å². The maximum atomic E-state index is 11.9. The highest BCUT2D eigenvalue weighted by Crippen LogP contribution is 2.12. The Morgan fingerprint density at radius 2 is 2.14 bits per heavy atom. The third-order valence-corrected chi connectivity index (χ3v) is 3.22. The average Bonchev–Trinajstić information content (AvgIpc) is 2.88. The number of aryl methyl sites for hydroxylation is 1. The maximum absolute atomic E-state index is 11.9. The summed E-state index contributed by atoms with van der Waals surface area (Å²) < 4.78 is 6.51. The Kier molecular flexibility index (Phi) is 4.92. The van der Waals surface area contributed by atoms with Gasteiger partial charge in [-0.3, -0.25) is 9.59 Å². The number of hydrogen-bond acceptors (Lipinski definition) is 4. The predicted molar refractivity (Wildman–Crippen MR) is 78.6 cm³/mol. The molecule has 112 valence electrons. The van der Waals surface area contributed by atoms with E-state index in [0.717, 1.165) is 11.0 Å². The Morgan fingerprint density at radius 1 is 1.38 bits per heavy atom. The molecule has 0 radical (unpaired) electrons. The lowest BCUT2D eigenvalue weighted by Crippen LogP contribution is -2.34. The highest BCUT2D eigenvalue weighted by molar-refractivity contribution is 5.78. The van der Waals surface area contributed by atoms with E-state index in [1.54, 1.807) is 13.3 Å². The summed E-state index contributed by atoms with van der Waals surface area (Å²) in [7, 11) is 1.33. The van der Waals surface area contributed by atoms with Gasteiger partial charge >= 0.3 is 5.97 Å². The van der Waals surface area contributed by atoms with Gasteiger partial charge in [0.15, 0.2) is 0 Å². The molecule has 1 aromatic heterocycles. The van der Waals surface area contributed by atoms with Crippen LogP contribution in [0.15, 0.2) is 30.6 Å². The highest BCUT2D eigenvalue weighted by atomic mass is 16.5. The number of nitrogens with one attached hydrogen (secondary N) is 1. The molecule has 1 heterocycles. The van der Waals surface area contributed by atoms with Crippen LogP contribution in [-0.2, 0) is 20.9 Å². The molecule has 0 saturated heterocycles. The monoisotopic (exact) mass is 289 g/mol. The molecule has 2 aromatic rings. The molecule has 0 aliphatic carbocycles. The molecule has 6 nitrogen and oxygen atoms in total. The molecule has 1 N–H and O–H groups in total. The van der Waals surface area contributed by atoms with Crippen molar-refractivity contribution < 1.29 is 14.3 Å². The average molecular weight is 289 g/mol. The standard InChI is InChI=1S/C15H19N3O3/c1-11(9-15(20)21-2)17-14(19)7-8-18-10-16-12-5-3-4-6-13(12)18/h3-6,10-11H,7-9H2,1-2H3,(H,17,19).